The standard InChI is InChI=1S/C14H12F4N2/c1-19-13(9-6-10(15)8-20-7-9)11-4-2-3-5-12(11)14(16,17)18/h2-8,13,19H,1H3. The molecule has 6 heteroatoms. The molecular formula is C14H12F4N2. The second-order valence-corrected chi connectivity index (χ2v) is 4.24. The summed E-state index contributed by atoms with van der Waals surface area (Å²) in [5, 5.41) is 2.77. The zero-order valence-corrected chi connectivity index (χ0v) is 10.6. The molecule has 2 rings (SSSR count). The van der Waals surface area contributed by atoms with Crippen molar-refractivity contribution in [3.8, 4) is 0 Å². The summed E-state index contributed by atoms with van der Waals surface area (Å²) in [6.07, 6.45) is -2.12. The van der Waals surface area contributed by atoms with Crippen molar-refractivity contribution in [1.29, 1.82) is 0 Å². The molecule has 0 aliphatic carbocycles. The van der Waals surface area contributed by atoms with E-state index >= 15 is 0 Å². The first kappa shape index (κ1) is 14.5. The number of aromatic nitrogens is 1. The van der Waals surface area contributed by atoms with Crippen molar-refractivity contribution in [3.63, 3.8) is 0 Å². The Bertz CT molecular complexity index is 596. The Balaban J connectivity index is 2.53. The third-order valence-electron chi connectivity index (χ3n) is 2.93. The second-order valence-electron chi connectivity index (χ2n) is 4.24. The Morgan fingerprint density at radius 3 is 2.45 bits per heavy atom. The number of benzene rings is 1. The van der Waals surface area contributed by atoms with Crippen LogP contribution < -0.4 is 5.32 Å². The van der Waals surface area contributed by atoms with Gasteiger partial charge in [-0.15, -0.1) is 0 Å². The predicted octanol–water partition coefficient (Wildman–Crippen LogP) is 3.55. The molecule has 1 unspecified atom stereocenters. The monoisotopic (exact) mass is 284 g/mol. The third kappa shape index (κ3) is 2.96. The van der Waals surface area contributed by atoms with E-state index in [9.17, 15) is 17.6 Å². The van der Waals surface area contributed by atoms with Crippen LogP contribution in [0, 0.1) is 5.82 Å². The second kappa shape index (κ2) is 5.58. The van der Waals surface area contributed by atoms with Gasteiger partial charge in [-0.1, -0.05) is 18.2 Å². The molecule has 1 atom stereocenters. The van der Waals surface area contributed by atoms with Gasteiger partial charge in [0.2, 0.25) is 0 Å². The molecule has 1 N–H and O–H groups in total. The molecule has 106 valence electrons. The Morgan fingerprint density at radius 2 is 1.85 bits per heavy atom. The number of nitrogens with one attached hydrogen (secondary N) is 1. The van der Waals surface area contributed by atoms with Crippen LogP contribution in [0.1, 0.15) is 22.7 Å². The van der Waals surface area contributed by atoms with Crippen molar-refractivity contribution >= 4 is 0 Å². The molecule has 2 aromatic rings. The Labute approximate surface area is 113 Å². The molecule has 0 bridgehead atoms. The molecular weight excluding hydrogens is 272 g/mol. The van der Waals surface area contributed by atoms with Crippen LogP contribution in [0.3, 0.4) is 0 Å². The molecule has 0 aliphatic heterocycles. The molecule has 0 fully saturated rings. The van der Waals surface area contributed by atoms with Gasteiger partial charge in [-0.05, 0) is 30.3 Å². The molecule has 0 saturated heterocycles. The zero-order chi connectivity index (χ0) is 14.8. The van der Waals surface area contributed by atoms with Gasteiger partial charge >= 0.3 is 6.18 Å². The van der Waals surface area contributed by atoms with E-state index in [0.717, 1.165) is 12.3 Å². The fraction of sp³-hybridized carbons (Fsp3) is 0.214. The first-order valence-corrected chi connectivity index (χ1v) is 5.87. The van der Waals surface area contributed by atoms with E-state index in [1.807, 2.05) is 0 Å². The minimum absolute atomic E-state index is 0.0369. The Morgan fingerprint density at radius 1 is 1.15 bits per heavy atom. The molecule has 0 radical (unpaired) electrons. The molecule has 1 aromatic carbocycles. The van der Waals surface area contributed by atoms with Gasteiger partial charge in [0.15, 0.2) is 0 Å². The number of halogens is 4. The minimum Gasteiger partial charge on any atom is -0.309 e. The van der Waals surface area contributed by atoms with E-state index in [1.54, 1.807) is 0 Å². The van der Waals surface area contributed by atoms with Crippen LogP contribution in [0.15, 0.2) is 42.7 Å². The maximum atomic E-state index is 13.2. The lowest BCUT2D eigenvalue weighted by atomic mass is 9.95. The summed E-state index contributed by atoms with van der Waals surface area (Å²) in [7, 11) is 1.52. The van der Waals surface area contributed by atoms with E-state index < -0.39 is 23.6 Å². The maximum absolute atomic E-state index is 13.2. The normalized spacial score (nSPS) is 13.2. The Hall–Kier alpha value is -1.95. The summed E-state index contributed by atoms with van der Waals surface area (Å²) < 4.78 is 52.3. The lowest BCUT2D eigenvalue weighted by molar-refractivity contribution is -0.138. The summed E-state index contributed by atoms with van der Waals surface area (Å²) in [5.41, 5.74) is -0.372. The van der Waals surface area contributed by atoms with Crippen molar-refractivity contribution < 1.29 is 17.6 Å². The summed E-state index contributed by atoms with van der Waals surface area (Å²) in [5.74, 6) is -0.591. The molecule has 0 aliphatic rings. The van der Waals surface area contributed by atoms with Crippen LogP contribution >= 0.6 is 0 Å². The van der Waals surface area contributed by atoms with E-state index in [0.29, 0.717) is 5.56 Å². The van der Waals surface area contributed by atoms with Crippen molar-refractivity contribution in [3.05, 3.63) is 65.2 Å². The Kier molecular flexibility index (Phi) is 4.04. The molecule has 0 saturated carbocycles. The molecule has 1 aromatic heterocycles. The number of hydrogen-bond donors (Lipinski definition) is 1. The average molecular weight is 284 g/mol. The van der Waals surface area contributed by atoms with Crippen molar-refractivity contribution in [2.24, 2.45) is 0 Å². The summed E-state index contributed by atoms with van der Waals surface area (Å²) in [6, 6.07) is 5.60. The quantitative estimate of drug-likeness (QED) is 0.872. The lowest BCUT2D eigenvalue weighted by Gasteiger charge is -2.21. The molecule has 2 nitrogen and oxygen atoms in total. The van der Waals surface area contributed by atoms with Gasteiger partial charge < -0.3 is 5.32 Å². The van der Waals surface area contributed by atoms with Crippen LogP contribution in [0.2, 0.25) is 0 Å². The van der Waals surface area contributed by atoms with Crippen molar-refractivity contribution in [2.75, 3.05) is 7.05 Å². The number of hydrogen-bond acceptors (Lipinski definition) is 2. The van der Waals surface area contributed by atoms with Gasteiger partial charge in [-0.25, -0.2) is 4.39 Å². The van der Waals surface area contributed by atoms with Crippen LogP contribution in [-0.2, 0) is 6.18 Å². The molecule has 1 heterocycles. The smallest absolute Gasteiger partial charge is 0.309 e. The van der Waals surface area contributed by atoms with Crippen molar-refractivity contribution in [1.82, 2.24) is 10.3 Å². The first-order chi connectivity index (χ1) is 9.43. The van der Waals surface area contributed by atoms with Gasteiger partial charge in [0, 0.05) is 6.20 Å². The summed E-state index contributed by atoms with van der Waals surface area (Å²) in [4.78, 5) is 3.67. The summed E-state index contributed by atoms with van der Waals surface area (Å²) >= 11 is 0. The highest BCUT2D eigenvalue weighted by atomic mass is 19.4. The van der Waals surface area contributed by atoms with Crippen LogP contribution in [-0.4, -0.2) is 12.0 Å². The van der Waals surface area contributed by atoms with Gasteiger partial charge in [0.25, 0.3) is 0 Å². The topological polar surface area (TPSA) is 24.9 Å². The fourth-order valence-electron chi connectivity index (χ4n) is 2.09. The van der Waals surface area contributed by atoms with Gasteiger partial charge in [-0.2, -0.15) is 13.2 Å². The SMILES string of the molecule is CNC(c1cncc(F)c1)c1ccccc1C(F)(F)F. The van der Waals surface area contributed by atoms with E-state index in [4.69, 9.17) is 0 Å². The van der Waals surface area contributed by atoms with Crippen LogP contribution in [0.5, 0.6) is 0 Å². The highest BCUT2D eigenvalue weighted by molar-refractivity contribution is 5.38. The van der Waals surface area contributed by atoms with E-state index in [1.165, 1.54) is 37.5 Å². The van der Waals surface area contributed by atoms with Crippen LogP contribution in [0.4, 0.5) is 17.6 Å². The number of nitrogens with zero attached hydrogens (tertiary/aromatic N) is 1. The largest absolute Gasteiger partial charge is 0.416 e. The highest BCUT2D eigenvalue weighted by Crippen LogP contribution is 2.36. The molecule has 20 heavy (non-hydrogen) atoms. The number of alkyl halides is 3. The molecule has 0 spiro atoms. The van der Waals surface area contributed by atoms with Gasteiger partial charge in [-0.3, -0.25) is 4.98 Å². The average Bonchev–Trinajstić information content (AvgIpc) is 2.39. The van der Waals surface area contributed by atoms with Gasteiger partial charge in [0.05, 0.1) is 17.8 Å². The first-order valence-electron chi connectivity index (χ1n) is 5.87. The molecule has 0 amide bonds. The zero-order valence-electron chi connectivity index (χ0n) is 10.6. The van der Waals surface area contributed by atoms with Crippen LogP contribution in [0.25, 0.3) is 0 Å². The van der Waals surface area contributed by atoms with Gasteiger partial charge in [0.1, 0.15) is 5.82 Å². The lowest BCUT2D eigenvalue weighted by Crippen LogP contribution is -2.22. The van der Waals surface area contributed by atoms with Crippen molar-refractivity contribution in [2.45, 2.75) is 12.2 Å². The maximum Gasteiger partial charge on any atom is 0.416 e. The third-order valence-corrected chi connectivity index (χ3v) is 2.93. The number of rotatable bonds is 3. The van der Waals surface area contributed by atoms with E-state index in [-0.39, 0.29) is 5.56 Å². The summed E-state index contributed by atoms with van der Waals surface area (Å²) in [6.45, 7) is 0. The predicted molar refractivity (Wildman–Crippen MR) is 66.5 cm³/mol. The minimum atomic E-state index is -4.47. The number of pyridine rings is 1. The van der Waals surface area contributed by atoms with E-state index in [2.05, 4.69) is 10.3 Å². The fourth-order valence-corrected chi connectivity index (χ4v) is 2.09. The highest BCUT2D eigenvalue weighted by Gasteiger charge is 2.35.